The van der Waals surface area contributed by atoms with Crippen LogP contribution in [0, 0.1) is 0 Å². The summed E-state index contributed by atoms with van der Waals surface area (Å²) >= 11 is 6.27. The van der Waals surface area contributed by atoms with Crippen molar-refractivity contribution in [2.24, 2.45) is 4.99 Å². The Bertz CT molecular complexity index is 889. The highest BCUT2D eigenvalue weighted by Gasteiger charge is 2.09. The van der Waals surface area contributed by atoms with Crippen molar-refractivity contribution in [3.63, 3.8) is 0 Å². The van der Waals surface area contributed by atoms with Crippen molar-refractivity contribution >= 4 is 17.6 Å². The van der Waals surface area contributed by atoms with E-state index in [9.17, 15) is 0 Å². The van der Waals surface area contributed by atoms with E-state index in [0.29, 0.717) is 13.1 Å². The van der Waals surface area contributed by atoms with Gasteiger partial charge in [-0.3, -0.25) is 4.99 Å². The van der Waals surface area contributed by atoms with Gasteiger partial charge in [-0.25, -0.2) is 4.98 Å². The quantitative estimate of drug-likeness (QED) is 0.522. The number of imidazole rings is 1. The highest BCUT2D eigenvalue weighted by molar-refractivity contribution is 6.31. The van der Waals surface area contributed by atoms with Crippen LogP contribution < -0.4 is 5.32 Å². The van der Waals surface area contributed by atoms with Crippen LogP contribution in [0.25, 0.3) is 0 Å². The lowest BCUT2D eigenvalue weighted by Gasteiger charge is -2.22. The fourth-order valence-corrected chi connectivity index (χ4v) is 3.15. The Balaban J connectivity index is 1.60. The molecule has 0 radical (unpaired) electrons. The van der Waals surface area contributed by atoms with E-state index in [1.807, 2.05) is 43.8 Å². The van der Waals surface area contributed by atoms with E-state index in [1.54, 1.807) is 13.2 Å². The maximum atomic E-state index is 6.27. The molecule has 1 N–H and O–H groups in total. The summed E-state index contributed by atoms with van der Waals surface area (Å²) in [5.74, 6) is 0.829. The molecule has 0 aliphatic heterocycles. The van der Waals surface area contributed by atoms with Gasteiger partial charge in [0.05, 0.1) is 6.33 Å². The number of benzene rings is 2. The summed E-state index contributed by atoms with van der Waals surface area (Å²) in [6.07, 6.45) is 5.59. The predicted molar refractivity (Wildman–Crippen MR) is 111 cm³/mol. The zero-order chi connectivity index (χ0) is 19.1. The number of aliphatic imine (C=N–C) groups is 1. The Morgan fingerprint density at radius 2 is 2.00 bits per heavy atom. The van der Waals surface area contributed by atoms with Crippen molar-refractivity contribution in [1.29, 1.82) is 0 Å². The van der Waals surface area contributed by atoms with E-state index in [4.69, 9.17) is 11.6 Å². The standard InChI is InChI=1S/C21H24ClN5/c1-23-21(26(2)15-19-8-3-4-9-20(19)22)25-13-17-6-5-7-18(12-17)14-27-11-10-24-16-27/h3-12,16H,13-15H2,1-2H3,(H,23,25). The second kappa shape index (κ2) is 9.24. The minimum absolute atomic E-state index is 0.694. The van der Waals surface area contributed by atoms with Crippen LogP contribution in [0.2, 0.25) is 5.02 Å². The van der Waals surface area contributed by atoms with Gasteiger partial charge in [-0.2, -0.15) is 0 Å². The summed E-state index contributed by atoms with van der Waals surface area (Å²) in [4.78, 5) is 10.5. The predicted octanol–water partition coefficient (Wildman–Crippen LogP) is 3.79. The highest BCUT2D eigenvalue weighted by Crippen LogP contribution is 2.16. The van der Waals surface area contributed by atoms with E-state index in [0.717, 1.165) is 23.1 Å². The first kappa shape index (κ1) is 19.0. The second-order valence-corrected chi connectivity index (χ2v) is 6.81. The second-order valence-electron chi connectivity index (χ2n) is 6.40. The average Bonchev–Trinajstić information content (AvgIpc) is 3.17. The van der Waals surface area contributed by atoms with Crippen molar-refractivity contribution in [3.8, 4) is 0 Å². The lowest BCUT2D eigenvalue weighted by molar-refractivity contribution is 0.476. The van der Waals surface area contributed by atoms with Crippen molar-refractivity contribution in [2.75, 3.05) is 14.1 Å². The molecule has 0 spiro atoms. The van der Waals surface area contributed by atoms with Crippen molar-refractivity contribution in [1.82, 2.24) is 19.8 Å². The van der Waals surface area contributed by atoms with Gasteiger partial charge < -0.3 is 14.8 Å². The Kier molecular flexibility index (Phi) is 6.49. The summed E-state index contributed by atoms with van der Waals surface area (Å²) in [7, 11) is 3.80. The first-order chi connectivity index (χ1) is 13.2. The van der Waals surface area contributed by atoms with E-state index in [1.165, 1.54) is 11.1 Å². The number of nitrogens with one attached hydrogen (secondary N) is 1. The SMILES string of the molecule is CN=C(NCc1cccc(Cn2ccnc2)c1)N(C)Cc1ccccc1Cl. The van der Waals surface area contributed by atoms with Crippen LogP contribution in [-0.2, 0) is 19.6 Å². The zero-order valence-corrected chi connectivity index (χ0v) is 16.4. The van der Waals surface area contributed by atoms with Crippen LogP contribution in [0.15, 0.2) is 72.2 Å². The van der Waals surface area contributed by atoms with Crippen LogP contribution in [0.5, 0.6) is 0 Å². The minimum atomic E-state index is 0.694. The molecule has 0 unspecified atom stereocenters. The van der Waals surface area contributed by atoms with Gasteiger partial charge in [-0.05, 0) is 22.8 Å². The van der Waals surface area contributed by atoms with Gasteiger partial charge in [0, 0.05) is 51.1 Å². The maximum Gasteiger partial charge on any atom is 0.193 e. The number of aromatic nitrogens is 2. The smallest absolute Gasteiger partial charge is 0.193 e. The number of halogens is 1. The molecule has 2 aromatic carbocycles. The Morgan fingerprint density at radius 1 is 1.19 bits per heavy atom. The topological polar surface area (TPSA) is 45.5 Å². The Labute approximate surface area is 165 Å². The van der Waals surface area contributed by atoms with E-state index >= 15 is 0 Å². The molecule has 27 heavy (non-hydrogen) atoms. The summed E-state index contributed by atoms with van der Waals surface area (Å²) in [5.41, 5.74) is 3.53. The molecule has 0 fully saturated rings. The van der Waals surface area contributed by atoms with E-state index in [-0.39, 0.29) is 0 Å². The Hall–Kier alpha value is -2.79. The number of nitrogens with zero attached hydrogens (tertiary/aromatic N) is 4. The number of guanidine groups is 1. The van der Waals surface area contributed by atoms with E-state index < -0.39 is 0 Å². The highest BCUT2D eigenvalue weighted by atomic mass is 35.5. The molecule has 0 bridgehead atoms. The summed E-state index contributed by atoms with van der Waals surface area (Å²) in [6.45, 7) is 2.21. The van der Waals surface area contributed by atoms with Gasteiger partial charge in [0.1, 0.15) is 0 Å². The van der Waals surface area contributed by atoms with Crippen LogP contribution >= 0.6 is 11.6 Å². The third-order valence-electron chi connectivity index (χ3n) is 4.31. The third kappa shape index (κ3) is 5.34. The van der Waals surface area contributed by atoms with Crippen molar-refractivity contribution in [3.05, 3.63) is 89.0 Å². The summed E-state index contributed by atoms with van der Waals surface area (Å²) in [5, 5.41) is 4.20. The van der Waals surface area contributed by atoms with Gasteiger partial charge >= 0.3 is 0 Å². The monoisotopic (exact) mass is 381 g/mol. The Morgan fingerprint density at radius 3 is 2.74 bits per heavy atom. The largest absolute Gasteiger partial charge is 0.352 e. The molecule has 0 atom stereocenters. The molecule has 3 rings (SSSR count). The maximum absolute atomic E-state index is 6.27. The molecule has 0 amide bonds. The molecule has 0 saturated carbocycles. The summed E-state index contributed by atoms with van der Waals surface area (Å²) < 4.78 is 2.06. The molecule has 3 aromatic rings. The van der Waals surface area contributed by atoms with Gasteiger partial charge in [0.15, 0.2) is 5.96 Å². The molecule has 0 aliphatic carbocycles. The van der Waals surface area contributed by atoms with Crippen LogP contribution in [0.3, 0.4) is 0 Å². The van der Waals surface area contributed by atoms with Gasteiger partial charge in [-0.15, -0.1) is 0 Å². The third-order valence-corrected chi connectivity index (χ3v) is 4.67. The fourth-order valence-electron chi connectivity index (χ4n) is 2.95. The van der Waals surface area contributed by atoms with Crippen LogP contribution in [0.4, 0.5) is 0 Å². The molecular formula is C21H24ClN5. The molecule has 140 valence electrons. The molecular weight excluding hydrogens is 358 g/mol. The normalized spacial score (nSPS) is 11.4. The molecule has 1 aromatic heterocycles. The fraction of sp³-hybridized carbons (Fsp3) is 0.238. The zero-order valence-electron chi connectivity index (χ0n) is 15.6. The van der Waals surface area contributed by atoms with Crippen LogP contribution in [-0.4, -0.2) is 34.5 Å². The average molecular weight is 382 g/mol. The summed E-state index contributed by atoms with van der Waals surface area (Å²) in [6, 6.07) is 16.4. The molecule has 5 nitrogen and oxygen atoms in total. The minimum Gasteiger partial charge on any atom is -0.352 e. The van der Waals surface area contributed by atoms with Crippen molar-refractivity contribution in [2.45, 2.75) is 19.6 Å². The lowest BCUT2D eigenvalue weighted by Crippen LogP contribution is -2.38. The number of rotatable bonds is 6. The molecule has 6 heteroatoms. The van der Waals surface area contributed by atoms with E-state index in [2.05, 4.69) is 49.0 Å². The van der Waals surface area contributed by atoms with Crippen LogP contribution in [0.1, 0.15) is 16.7 Å². The first-order valence-electron chi connectivity index (χ1n) is 8.84. The molecule has 0 aliphatic rings. The lowest BCUT2D eigenvalue weighted by atomic mass is 10.1. The first-order valence-corrected chi connectivity index (χ1v) is 9.22. The van der Waals surface area contributed by atoms with Gasteiger partial charge in [0.25, 0.3) is 0 Å². The van der Waals surface area contributed by atoms with Gasteiger partial charge in [-0.1, -0.05) is 54.1 Å². The number of hydrogen-bond acceptors (Lipinski definition) is 2. The van der Waals surface area contributed by atoms with Crippen molar-refractivity contribution < 1.29 is 0 Å². The number of hydrogen-bond donors (Lipinski definition) is 1. The van der Waals surface area contributed by atoms with Gasteiger partial charge in [0.2, 0.25) is 0 Å². The molecule has 1 heterocycles. The molecule has 0 saturated heterocycles.